The number of carbonyl (C=O) groups excluding carboxylic acids is 2. The molecule has 0 fully saturated rings. The third-order valence-electron chi connectivity index (χ3n) is 2.29. The fraction of sp³-hybridized carbons (Fsp3) is 0.636. The normalized spacial score (nSPS) is 15.2. The van der Waals surface area contributed by atoms with Crippen LogP contribution in [-0.4, -0.2) is 30.7 Å². The van der Waals surface area contributed by atoms with Crippen LogP contribution >= 0.6 is 0 Å². The Hall–Kier alpha value is -1.00. The molecule has 0 aliphatic heterocycles. The number of Topliss-reactive ketones (excluding diaryl/α,β-unsaturated/α-hetero) is 2. The molecule has 0 unspecified atom stereocenters. The number of carbonyl (C=O) groups is 2. The van der Waals surface area contributed by atoms with Crippen LogP contribution in [0.1, 0.15) is 26.7 Å². The monoisotopic (exact) mass is 212 g/mol. The predicted molar refractivity (Wildman–Crippen MR) is 60.6 cm³/mol. The second kappa shape index (κ2) is 7.31. The molecule has 0 aliphatic rings. The van der Waals surface area contributed by atoms with Crippen LogP contribution in [0.3, 0.4) is 0 Å². The molecule has 0 saturated carbocycles. The van der Waals surface area contributed by atoms with E-state index < -0.39 is 6.04 Å². The lowest BCUT2D eigenvalue weighted by molar-refractivity contribution is -0.119. The third kappa shape index (κ3) is 6.14. The van der Waals surface area contributed by atoms with Crippen LogP contribution in [0.4, 0.5) is 0 Å². The van der Waals surface area contributed by atoms with Crippen molar-refractivity contribution < 1.29 is 9.59 Å². The molecule has 0 aromatic heterocycles. The summed E-state index contributed by atoms with van der Waals surface area (Å²) in [6, 6.07) is -0.568. The molecule has 0 spiro atoms. The molecule has 0 rings (SSSR count). The van der Waals surface area contributed by atoms with Crippen LogP contribution in [0.25, 0.3) is 0 Å². The minimum absolute atomic E-state index is 0.0172. The molecule has 86 valence electrons. The lowest BCUT2D eigenvalue weighted by atomic mass is 10.1. The molecule has 0 saturated heterocycles. The van der Waals surface area contributed by atoms with E-state index in [0.717, 1.165) is 0 Å². The summed E-state index contributed by atoms with van der Waals surface area (Å²) >= 11 is 0. The van der Waals surface area contributed by atoms with Gasteiger partial charge >= 0.3 is 0 Å². The van der Waals surface area contributed by atoms with Crippen molar-refractivity contribution in [2.24, 2.45) is 5.73 Å². The average Bonchev–Trinajstić information content (AvgIpc) is 2.16. The van der Waals surface area contributed by atoms with Gasteiger partial charge < -0.3 is 11.1 Å². The zero-order chi connectivity index (χ0) is 11.8. The molecule has 0 aliphatic carbocycles. The minimum Gasteiger partial charge on any atom is -0.321 e. The van der Waals surface area contributed by atoms with E-state index in [1.54, 1.807) is 14.0 Å². The fourth-order valence-electron chi connectivity index (χ4n) is 1.13. The van der Waals surface area contributed by atoms with Gasteiger partial charge in [0.2, 0.25) is 0 Å². The molecule has 0 heterocycles. The summed E-state index contributed by atoms with van der Waals surface area (Å²) < 4.78 is 0. The van der Waals surface area contributed by atoms with E-state index in [1.807, 2.05) is 12.2 Å². The number of nitrogens with one attached hydrogen (secondary N) is 1. The molecule has 4 nitrogen and oxygen atoms in total. The molecule has 4 heteroatoms. The molecule has 2 atom stereocenters. The first-order valence-electron chi connectivity index (χ1n) is 5.07. The molecule has 3 N–H and O–H groups in total. The summed E-state index contributed by atoms with van der Waals surface area (Å²) in [5.74, 6) is 0.0920. The zero-order valence-electron chi connectivity index (χ0n) is 9.62. The highest BCUT2D eigenvalue weighted by Gasteiger charge is 2.09. The lowest BCUT2D eigenvalue weighted by Gasteiger charge is -2.09. The zero-order valence-corrected chi connectivity index (χ0v) is 9.62. The van der Waals surface area contributed by atoms with Crippen LogP contribution in [0.15, 0.2) is 12.2 Å². The van der Waals surface area contributed by atoms with Gasteiger partial charge in [0.25, 0.3) is 0 Å². The topological polar surface area (TPSA) is 72.2 Å². The van der Waals surface area contributed by atoms with Crippen molar-refractivity contribution in [1.82, 2.24) is 5.32 Å². The average molecular weight is 212 g/mol. The quantitative estimate of drug-likeness (QED) is 0.600. The molecule has 0 amide bonds. The molecule has 0 aromatic carbocycles. The SMILES string of the molecule is CN[C@@H](CC=CC[C@@H](N)C(C)=O)C(C)=O. The highest BCUT2D eigenvalue weighted by molar-refractivity contribution is 5.82. The Bertz CT molecular complexity index is 249. The predicted octanol–water partition coefficient (Wildman–Crippen LogP) is 0.416. The second-order valence-electron chi connectivity index (χ2n) is 3.61. The Morgan fingerprint density at radius 1 is 1.20 bits per heavy atom. The fourth-order valence-corrected chi connectivity index (χ4v) is 1.13. The van der Waals surface area contributed by atoms with E-state index in [1.165, 1.54) is 6.92 Å². The van der Waals surface area contributed by atoms with E-state index in [4.69, 9.17) is 5.73 Å². The van der Waals surface area contributed by atoms with Crippen LogP contribution < -0.4 is 11.1 Å². The highest BCUT2D eigenvalue weighted by atomic mass is 16.1. The Kier molecular flexibility index (Phi) is 6.83. The van der Waals surface area contributed by atoms with E-state index in [9.17, 15) is 9.59 Å². The molecular weight excluding hydrogens is 192 g/mol. The first-order valence-corrected chi connectivity index (χ1v) is 5.07. The summed E-state index contributed by atoms with van der Waals surface area (Å²) in [6.45, 7) is 3.03. The minimum atomic E-state index is -0.424. The Labute approximate surface area is 90.9 Å². The third-order valence-corrected chi connectivity index (χ3v) is 2.29. The van der Waals surface area contributed by atoms with Gasteiger partial charge in [0.05, 0.1) is 12.1 Å². The van der Waals surface area contributed by atoms with Crippen LogP contribution in [0.5, 0.6) is 0 Å². The second-order valence-corrected chi connectivity index (χ2v) is 3.61. The number of nitrogens with two attached hydrogens (primary N) is 1. The van der Waals surface area contributed by atoms with Crippen LogP contribution in [-0.2, 0) is 9.59 Å². The summed E-state index contributed by atoms with van der Waals surface area (Å²) in [4.78, 5) is 21.8. The molecule has 0 bridgehead atoms. The van der Waals surface area contributed by atoms with Gasteiger partial charge in [-0.1, -0.05) is 12.2 Å². The molecule has 0 radical (unpaired) electrons. The maximum atomic E-state index is 11.0. The first-order chi connectivity index (χ1) is 6.99. The van der Waals surface area contributed by atoms with Crippen molar-refractivity contribution >= 4 is 11.6 Å². The van der Waals surface area contributed by atoms with Gasteiger partial charge in [-0.25, -0.2) is 0 Å². The van der Waals surface area contributed by atoms with Gasteiger partial charge in [-0.2, -0.15) is 0 Å². The standard InChI is InChI=1S/C11H20N2O2/c1-8(14)10(12)6-4-5-7-11(13-3)9(2)15/h4-5,10-11,13H,6-7,12H2,1-3H3/t10-,11+/m1/s1. The van der Waals surface area contributed by atoms with Crippen molar-refractivity contribution in [2.75, 3.05) is 7.05 Å². The first kappa shape index (κ1) is 14.0. The van der Waals surface area contributed by atoms with Crippen LogP contribution in [0.2, 0.25) is 0 Å². The molecular formula is C11H20N2O2. The smallest absolute Gasteiger partial charge is 0.146 e. The summed E-state index contributed by atoms with van der Waals surface area (Å²) in [6.07, 6.45) is 4.89. The van der Waals surface area contributed by atoms with Crippen molar-refractivity contribution in [2.45, 2.75) is 38.8 Å². The summed E-state index contributed by atoms with van der Waals surface area (Å²) in [5.41, 5.74) is 5.54. The highest BCUT2D eigenvalue weighted by Crippen LogP contribution is 1.98. The van der Waals surface area contributed by atoms with E-state index >= 15 is 0 Å². The van der Waals surface area contributed by atoms with Crippen LogP contribution in [0, 0.1) is 0 Å². The van der Waals surface area contributed by atoms with Gasteiger partial charge in [-0.3, -0.25) is 9.59 Å². The van der Waals surface area contributed by atoms with Crippen molar-refractivity contribution in [3.63, 3.8) is 0 Å². The lowest BCUT2D eigenvalue weighted by Crippen LogP contribution is -2.31. The Balaban J connectivity index is 3.88. The van der Waals surface area contributed by atoms with E-state index in [2.05, 4.69) is 5.32 Å². The maximum absolute atomic E-state index is 11.0. The van der Waals surface area contributed by atoms with Crippen molar-refractivity contribution in [1.29, 1.82) is 0 Å². The largest absolute Gasteiger partial charge is 0.321 e. The Morgan fingerprint density at radius 2 is 1.73 bits per heavy atom. The number of likely N-dealkylation sites (N-methyl/N-ethyl adjacent to an activating group) is 1. The molecule has 0 aromatic rings. The number of ketones is 2. The van der Waals surface area contributed by atoms with Gasteiger partial charge in [-0.05, 0) is 33.7 Å². The van der Waals surface area contributed by atoms with Gasteiger partial charge in [0, 0.05) is 0 Å². The van der Waals surface area contributed by atoms with Gasteiger partial charge in [0.15, 0.2) is 0 Å². The van der Waals surface area contributed by atoms with E-state index in [-0.39, 0.29) is 17.6 Å². The van der Waals surface area contributed by atoms with Crippen molar-refractivity contribution in [3.8, 4) is 0 Å². The van der Waals surface area contributed by atoms with Gasteiger partial charge in [-0.15, -0.1) is 0 Å². The number of hydrogen-bond acceptors (Lipinski definition) is 4. The van der Waals surface area contributed by atoms with Gasteiger partial charge in [0.1, 0.15) is 11.6 Å². The summed E-state index contributed by atoms with van der Waals surface area (Å²) in [5, 5.41) is 2.91. The maximum Gasteiger partial charge on any atom is 0.146 e. The Morgan fingerprint density at radius 3 is 2.13 bits per heavy atom. The number of rotatable bonds is 7. The van der Waals surface area contributed by atoms with E-state index in [0.29, 0.717) is 12.8 Å². The van der Waals surface area contributed by atoms with Crippen molar-refractivity contribution in [3.05, 3.63) is 12.2 Å². The number of hydrogen-bond donors (Lipinski definition) is 2. The molecule has 15 heavy (non-hydrogen) atoms. The summed E-state index contributed by atoms with van der Waals surface area (Å²) in [7, 11) is 1.75.